The van der Waals surface area contributed by atoms with Crippen LogP contribution in [0.1, 0.15) is 12.8 Å². The van der Waals surface area contributed by atoms with Gasteiger partial charge in [0.05, 0.1) is 12.6 Å². The second-order valence-corrected chi connectivity index (χ2v) is 9.46. The van der Waals surface area contributed by atoms with Gasteiger partial charge in [0.2, 0.25) is 5.91 Å². The third-order valence-corrected chi connectivity index (χ3v) is 8.13. The van der Waals surface area contributed by atoms with Crippen LogP contribution >= 0.6 is 11.3 Å². The van der Waals surface area contributed by atoms with Gasteiger partial charge in [0.1, 0.15) is 4.21 Å². The summed E-state index contributed by atoms with van der Waals surface area (Å²) in [5, 5.41) is 1.78. The van der Waals surface area contributed by atoms with Crippen molar-refractivity contribution in [2.45, 2.75) is 23.1 Å². The summed E-state index contributed by atoms with van der Waals surface area (Å²) < 4.78 is 32.4. The van der Waals surface area contributed by atoms with E-state index in [0.717, 1.165) is 25.9 Å². The summed E-state index contributed by atoms with van der Waals surface area (Å²) in [5.41, 5.74) is 0. The fraction of sp³-hybridized carbons (Fsp3) is 0.688. The highest BCUT2D eigenvalue weighted by molar-refractivity contribution is 7.91. The Bertz CT molecular complexity index is 678. The smallest absolute Gasteiger partial charge is 0.252 e. The molecule has 0 unspecified atom stereocenters. The van der Waals surface area contributed by atoms with Gasteiger partial charge in [-0.3, -0.25) is 9.69 Å². The molecule has 0 aliphatic carbocycles. The average Bonchev–Trinajstić information content (AvgIpc) is 3.18. The maximum absolute atomic E-state index is 12.7. The number of carbonyl (C=O) groups excluding carboxylic acids is 1. The maximum Gasteiger partial charge on any atom is 0.252 e. The number of rotatable bonds is 6. The van der Waals surface area contributed by atoms with E-state index in [1.165, 1.54) is 11.3 Å². The third-order valence-electron chi connectivity index (χ3n) is 4.85. The van der Waals surface area contributed by atoms with Crippen LogP contribution in [0.5, 0.6) is 0 Å². The molecule has 2 aliphatic heterocycles. The van der Waals surface area contributed by atoms with Gasteiger partial charge in [-0.1, -0.05) is 6.07 Å². The summed E-state index contributed by atoms with van der Waals surface area (Å²) in [5.74, 6) is 0.145. The fourth-order valence-electron chi connectivity index (χ4n) is 3.49. The molecule has 3 heterocycles. The molecule has 140 valence electrons. The molecule has 1 amide bonds. The minimum atomic E-state index is -3.41. The molecule has 0 N–H and O–H groups in total. The number of amides is 1. The number of sulfonamides is 1. The average molecular weight is 388 g/mol. The summed E-state index contributed by atoms with van der Waals surface area (Å²) in [7, 11) is -1.78. The zero-order chi connectivity index (χ0) is 17.9. The van der Waals surface area contributed by atoms with Crippen molar-refractivity contribution in [2.24, 2.45) is 0 Å². The van der Waals surface area contributed by atoms with Crippen LogP contribution in [0.25, 0.3) is 0 Å². The van der Waals surface area contributed by atoms with Crippen LogP contribution < -0.4 is 0 Å². The lowest BCUT2D eigenvalue weighted by molar-refractivity contribution is -0.132. The first-order chi connectivity index (χ1) is 12.0. The zero-order valence-corrected chi connectivity index (χ0v) is 16.1. The highest BCUT2D eigenvalue weighted by Gasteiger charge is 2.37. The molecular formula is C16H25N3O4S2. The first-order valence-corrected chi connectivity index (χ1v) is 10.9. The topological polar surface area (TPSA) is 70.2 Å². The molecule has 1 atom stereocenters. The molecule has 0 saturated carbocycles. The molecule has 0 aromatic carbocycles. The van der Waals surface area contributed by atoms with Gasteiger partial charge in [0.15, 0.2) is 0 Å². The van der Waals surface area contributed by atoms with Crippen LogP contribution in [0.2, 0.25) is 0 Å². The van der Waals surface area contributed by atoms with E-state index in [1.807, 2.05) is 4.90 Å². The van der Waals surface area contributed by atoms with Crippen molar-refractivity contribution in [1.82, 2.24) is 14.1 Å². The monoisotopic (exact) mass is 387 g/mol. The minimum absolute atomic E-state index is 0.124. The van der Waals surface area contributed by atoms with Crippen LogP contribution in [0.15, 0.2) is 21.7 Å². The number of nitrogens with zero attached hydrogens (tertiary/aromatic N) is 3. The first kappa shape index (κ1) is 18.8. The van der Waals surface area contributed by atoms with Crippen molar-refractivity contribution >= 4 is 27.3 Å². The fourth-order valence-corrected chi connectivity index (χ4v) is 6.10. The summed E-state index contributed by atoms with van der Waals surface area (Å²) in [6.45, 7) is 4.21. The standard InChI is InChI=1S/C16H25N3O4S2/c1-23-12-11-18-8-5-14(16(18)20)17-6-3-7-19(10-9-17)25(21,22)15-4-2-13-24-15/h2,4,13-14H,3,5-12H2,1H3/t14-/m1/s1. The van der Waals surface area contributed by atoms with Gasteiger partial charge in [-0.25, -0.2) is 8.42 Å². The highest BCUT2D eigenvalue weighted by Crippen LogP contribution is 2.24. The second kappa shape index (κ2) is 8.13. The van der Waals surface area contributed by atoms with E-state index < -0.39 is 10.0 Å². The molecule has 7 nitrogen and oxygen atoms in total. The van der Waals surface area contributed by atoms with E-state index in [4.69, 9.17) is 4.74 Å². The van der Waals surface area contributed by atoms with E-state index in [9.17, 15) is 13.2 Å². The van der Waals surface area contributed by atoms with Crippen LogP contribution in [0, 0.1) is 0 Å². The number of likely N-dealkylation sites (tertiary alicyclic amines) is 1. The van der Waals surface area contributed by atoms with Gasteiger partial charge < -0.3 is 9.64 Å². The number of hydrogen-bond donors (Lipinski definition) is 0. The van der Waals surface area contributed by atoms with Crippen molar-refractivity contribution in [2.75, 3.05) is 53.0 Å². The minimum Gasteiger partial charge on any atom is -0.383 e. The first-order valence-electron chi connectivity index (χ1n) is 8.59. The quantitative estimate of drug-likeness (QED) is 0.718. The predicted molar refractivity (Wildman–Crippen MR) is 96.1 cm³/mol. The molecule has 3 rings (SSSR count). The molecule has 2 aliphatic rings. The van der Waals surface area contributed by atoms with Gasteiger partial charge >= 0.3 is 0 Å². The van der Waals surface area contributed by atoms with E-state index in [2.05, 4.69) is 4.90 Å². The summed E-state index contributed by atoms with van der Waals surface area (Å²) in [6.07, 6.45) is 1.55. The van der Waals surface area contributed by atoms with Gasteiger partial charge in [-0.2, -0.15) is 4.31 Å². The summed E-state index contributed by atoms with van der Waals surface area (Å²) >= 11 is 1.25. The lowest BCUT2D eigenvalue weighted by atomic mass is 10.2. The van der Waals surface area contributed by atoms with Gasteiger partial charge in [-0.15, -0.1) is 11.3 Å². The Labute approximate surface area is 153 Å². The SMILES string of the molecule is COCCN1CC[C@@H](N2CCCN(S(=O)(=O)c3cccs3)CC2)C1=O. The Kier molecular flexibility index (Phi) is 6.11. The zero-order valence-electron chi connectivity index (χ0n) is 14.5. The van der Waals surface area contributed by atoms with E-state index >= 15 is 0 Å². The van der Waals surface area contributed by atoms with Gasteiger partial charge in [0, 0.05) is 46.4 Å². The molecule has 0 bridgehead atoms. The maximum atomic E-state index is 12.7. The van der Waals surface area contributed by atoms with Gasteiger partial charge in [-0.05, 0) is 24.3 Å². The summed E-state index contributed by atoms with van der Waals surface area (Å²) in [6, 6.07) is 3.28. The van der Waals surface area contributed by atoms with Crippen molar-refractivity contribution in [3.05, 3.63) is 17.5 Å². The Morgan fingerprint density at radius 1 is 1.24 bits per heavy atom. The second-order valence-electron chi connectivity index (χ2n) is 6.35. The van der Waals surface area contributed by atoms with Crippen LogP contribution in [-0.2, 0) is 19.6 Å². The number of thiophene rings is 1. The molecule has 1 aromatic heterocycles. The molecule has 25 heavy (non-hydrogen) atoms. The van der Waals surface area contributed by atoms with Gasteiger partial charge in [0.25, 0.3) is 10.0 Å². The lowest BCUT2D eigenvalue weighted by Crippen LogP contribution is -2.44. The Balaban J connectivity index is 1.62. The normalized spacial score (nSPS) is 24.0. The van der Waals surface area contributed by atoms with Crippen molar-refractivity contribution in [3.8, 4) is 0 Å². The van der Waals surface area contributed by atoms with Crippen LogP contribution in [0.3, 0.4) is 0 Å². The van der Waals surface area contributed by atoms with Crippen molar-refractivity contribution in [1.29, 1.82) is 0 Å². The molecule has 0 radical (unpaired) electrons. The van der Waals surface area contributed by atoms with Crippen molar-refractivity contribution in [3.63, 3.8) is 0 Å². The lowest BCUT2D eigenvalue weighted by Gasteiger charge is -2.26. The number of ether oxygens (including phenoxy) is 1. The molecule has 0 spiro atoms. The number of methoxy groups -OCH3 is 1. The molecule has 9 heteroatoms. The Morgan fingerprint density at radius 2 is 2.08 bits per heavy atom. The highest BCUT2D eigenvalue weighted by atomic mass is 32.2. The van der Waals surface area contributed by atoms with E-state index in [-0.39, 0.29) is 11.9 Å². The van der Waals surface area contributed by atoms with Crippen molar-refractivity contribution < 1.29 is 17.9 Å². The Hall–Kier alpha value is -1.00. The predicted octanol–water partition coefficient (Wildman–Crippen LogP) is 0.692. The van der Waals surface area contributed by atoms with E-state index in [1.54, 1.807) is 28.9 Å². The Morgan fingerprint density at radius 3 is 2.80 bits per heavy atom. The largest absolute Gasteiger partial charge is 0.383 e. The van der Waals surface area contributed by atoms with E-state index in [0.29, 0.717) is 37.0 Å². The third kappa shape index (κ3) is 4.06. The summed E-state index contributed by atoms with van der Waals surface area (Å²) in [4.78, 5) is 16.6. The molecule has 1 aromatic rings. The molecule has 2 saturated heterocycles. The molecule has 2 fully saturated rings. The number of hydrogen-bond acceptors (Lipinski definition) is 6. The van der Waals surface area contributed by atoms with Crippen LogP contribution in [0.4, 0.5) is 0 Å². The van der Waals surface area contributed by atoms with Crippen LogP contribution in [-0.4, -0.2) is 87.5 Å². The molecular weight excluding hydrogens is 362 g/mol. The number of carbonyl (C=O) groups is 1.